The summed E-state index contributed by atoms with van der Waals surface area (Å²) in [6.45, 7) is 4.93. The molecule has 0 aliphatic rings. The molecule has 0 bridgehead atoms. The van der Waals surface area contributed by atoms with E-state index in [1.54, 1.807) is 6.20 Å². The molecular weight excluding hydrogens is 390 g/mol. The number of benzene rings is 1. The van der Waals surface area contributed by atoms with Crippen molar-refractivity contribution in [2.75, 3.05) is 10.6 Å². The molecule has 0 spiro atoms. The summed E-state index contributed by atoms with van der Waals surface area (Å²) >= 11 is 3.58. The lowest BCUT2D eigenvalue weighted by Gasteiger charge is -2.15. The Hall–Kier alpha value is -2.47. The lowest BCUT2D eigenvalue weighted by Crippen LogP contribution is -2.16. The summed E-state index contributed by atoms with van der Waals surface area (Å²) in [7, 11) is 0. The third-order valence-electron chi connectivity index (χ3n) is 4.09. The lowest BCUT2D eigenvalue weighted by molar-refractivity contribution is 0.753. The van der Waals surface area contributed by atoms with Crippen LogP contribution in [0.3, 0.4) is 0 Å². The largest absolute Gasteiger partial charge is 0.366 e. The molecule has 2 N–H and O–H groups in total. The number of hydrogen-bond acceptors (Lipinski definition) is 5. The molecule has 0 fully saturated rings. The highest BCUT2D eigenvalue weighted by molar-refractivity contribution is 9.10. The van der Waals surface area contributed by atoms with Crippen molar-refractivity contribution in [1.29, 1.82) is 0 Å². The van der Waals surface area contributed by atoms with Crippen LogP contribution in [-0.2, 0) is 6.54 Å². The fourth-order valence-electron chi connectivity index (χ4n) is 2.41. The van der Waals surface area contributed by atoms with E-state index in [9.17, 15) is 0 Å². The highest BCUT2D eigenvalue weighted by Gasteiger charge is 2.09. The molecule has 134 valence electrons. The van der Waals surface area contributed by atoms with Crippen molar-refractivity contribution in [3.63, 3.8) is 0 Å². The Morgan fingerprint density at radius 2 is 1.96 bits per heavy atom. The molecular formula is C20H22BrN5. The van der Waals surface area contributed by atoms with Gasteiger partial charge in [-0.25, -0.2) is 4.98 Å². The van der Waals surface area contributed by atoms with Crippen molar-refractivity contribution in [3.05, 3.63) is 64.9 Å². The predicted octanol–water partition coefficient (Wildman–Crippen LogP) is 5.12. The third-order valence-corrected chi connectivity index (χ3v) is 4.86. The van der Waals surface area contributed by atoms with Crippen molar-refractivity contribution < 1.29 is 0 Å². The van der Waals surface area contributed by atoms with Gasteiger partial charge in [-0.05, 0) is 37.1 Å². The summed E-state index contributed by atoms with van der Waals surface area (Å²) in [5.41, 5.74) is 2.98. The van der Waals surface area contributed by atoms with Crippen LogP contribution in [0.15, 0.2) is 59.3 Å². The maximum absolute atomic E-state index is 4.65. The average molecular weight is 412 g/mol. The van der Waals surface area contributed by atoms with Gasteiger partial charge < -0.3 is 10.6 Å². The summed E-state index contributed by atoms with van der Waals surface area (Å²) in [5, 5.41) is 6.76. The fraction of sp³-hybridized carbons (Fsp3) is 0.250. The van der Waals surface area contributed by atoms with Crippen molar-refractivity contribution in [2.24, 2.45) is 0 Å². The first kappa shape index (κ1) is 18.3. The van der Waals surface area contributed by atoms with Crippen LogP contribution in [-0.4, -0.2) is 21.0 Å². The third kappa shape index (κ3) is 4.79. The van der Waals surface area contributed by atoms with E-state index in [4.69, 9.17) is 0 Å². The van der Waals surface area contributed by atoms with E-state index < -0.39 is 0 Å². The highest BCUT2D eigenvalue weighted by Crippen LogP contribution is 2.22. The van der Waals surface area contributed by atoms with Crippen LogP contribution in [0.2, 0.25) is 0 Å². The molecule has 26 heavy (non-hydrogen) atoms. The smallest absolute Gasteiger partial charge is 0.225 e. The monoisotopic (exact) mass is 411 g/mol. The maximum Gasteiger partial charge on any atom is 0.225 e. The van der Waals surface area contributed by atoms with E-state index in [1.165, 1.54) is 5.56 Å². The number of aromatic nitrogens is 3. The molecule has 0 amide bonds. The number of hydrogen-bond donors (Lipinski definition) is 2. The summed E-state index contributed by atoms with van der Waals surface area (Å²) in [6, 6.07) is 14.3. The number of nitrogens with one attached hydrogen (secondary N) is 2. The fourth-order valence-corrected chi connectivity index (χ4v) is 2.84. The van der Waals surface area contributed by atoms with Crippen LogP contribution in [0.4, 0.5) is 11.8 Å². The van der Waals surface area contributed by atoms with Crippen LogP contribution in [0.5, 0.6) is 0 Å². The second-order valence-electron chi connectivity index (χ2n) is 6.10. The lowest BCUT2D eigenvalue weighted by atomic mass is 10.2. The predicted molar refractivity (Wildman–Crippen MR) is 110 cm³/mol. The Labute approximate surface area is 162 Å². The zero-order valence-corrected chi connectivity index (χ0v) is 16.5. The summed E-state index contributed by atoms with van der Waals surface area (Å²) in [5.74, 6) is 1.40. The van der Waals surface area contributed by atoms with Crippen molar-refractivity contribution in [1.82, 2.24) is 15.0 Å². The van der Waals surface area contributed by atoms with Gasteiger partial charge in [0.05, 0.1) is 5.69 Å². The molecule has 1 atom stereocenters. The van der Waals surface area contributed by atoms with Gasteiger partial charge in [0.1, 0.15) is 5.82 Å². The van der Waals surface area contributed by atoms with Gasteiger partial charge in [-0.1, -0.05) is 41.1 Å². The quantitative estimate of drug-likeness (QED) is 0.564. The molecule has 6 heteroatoms. The Morgan fingerprint density at radius 1 is 1.12 bits per heavy atom. The molecule has 0 aliphatic heterocycles. The van der Waals surface area contributed by atoms with Gasteiger partial charge in [-0.3, -0.25) is 4.98 Å². The molecule has 0 radical (unpaired) electrons. The first-order valence-corrected chi connectivity index (χ1v) is 9.48. The standard InChI is InChI=1S/C20H22BrN5/c1-3-14(2)24-20-25-18(16-8-6-10-22-12-16)11-19(26-20)23-13-15-7-4-5-9-17(15)21/h4-12,14H,3,13H2,1-2H3,(H2,23,24,25,26)/t14-/m1/s1. The van der Waals surface area contributed by atoms with Crippen LogP contribution < -0.4 is 10.6 Å². The minimum Gasteiger partial charge on any atom is -0.366 e. The minimum absolute atomic E-state index is 0.301. The van der Waals surface area contributed by atoms with E-state index in [0.717, 1.165) is 28.0 Å². The van der Waals surface area contributed by atoms with Gasteiger partial charge in [-0.2, -0.15) is 4.98 Å². The number of rotatable bonds is 7. The van der Waals surface area contributed by atoms with Gasteiger partial charge >= 0.3 is 0 Å². The number of halogens is 1. The molecule has 0 saturated carbocycles. The van der Waals surface area contributed by atoms with Crippen LogP contribution in [0.25, 0.3) is 11.3 Å². The first-order chi connectivity index (χ1) is 12.7. The van der Waals surface area contributed by atoms with E-state index in [0.29, 0.717) is 18.5 Å². The molecule has 3 aromatic rings. The molecule has 1 aromatic carbocycles. The summed E-state index contributed by atoms with van der Waals surface area (Å²) in [6.07, 6.45) is 4.57. The Kier molecular flexibility index (Phi) is 6.17. The molecule has 2 heterocycles. The molecule has 2 aromatic heterocycles. The zero-order chi connectivity index (χ0) is 18.4. The normalized spacial score (nSPS) is 11.8. The van der Waals surface area contributed by atoms with Crippen molar-refractivity contribution in [2.45, 2.75) is 32.9 Å². The number of anilines is 2. The van der Waals surface area contributed by atoms with E-state index in [1.807, 2.05) is 42.6 Å². The molecule has 0 saturated heterocycles. The Bertz CT molecular complexity index is 854. The van der Waals surface area contributed by atoms with Gasteiger partial charge in [-0.15, -0.1) is 0 Å². The van der Waals surface area contributed by atoms with E-state index in [2.05, 4.69) is 61.4 Å². The van der Waals surface area contributed by atoms with Crippen molar-refractivity contribution in [3.8, 4) is 11.3 Å². The first-order valence-electron chi connectivity index (χ1n) is 8.69. The number of nitrogens with zero attached hydrogens (tertiary/aromatic N) is 3. The topological polar surface area (TPSA) is 62.7 Å². The molecule has 3 rings (SSSR count). The minimum atomic E-state index is 0.301. The van der Waals surface area contributed by atoms with Crippen LogP contribution in [0, 0.1) is 0 Å². The molecule has 0 aliphatic carbocycles. The van der Waals surface area contributed by atoms with Gasteiger partial charge in [0.2, 0.25) is 5.95 Å². The van der Waals surface area contributed by atoms with Gasteiger partial charge in [0.25, 0.3) is 0 Å². The summed E-state index contributed by atoms with van der Waals surface area (Å²) in [4.78, 5) is 13.5. The van der Waals surface area contributed by atoms with Crippen LogP contribution in [0.1, 0.15) is 25.8 Å². The molecule has 5 nitrogen and oxygen atoms in total. The second kappa shape index (κ2) is 8.76. The van der Waals surface area contributed by atoms with Gasteiger partial charge in [0.15, 0.2) is 0 Å². The second-order valence-corrected chi connectivity index (χ2v) is 6.96. The number of pyridine rings is 1. The van der Waals surface area contributed by atoms with Crippen LogP contribution >= 0.6 is 15.9 Å². The summed E-state index contributed by atoms with van der Waals surface area (Å²) < 4.78 is 1.08. The highest BCUT2D eigenvalue weighted by atomic mass is 79.9. The Morgan fingerprint density at radius 3 is 2.69 bits per heavy atom. The SMILES string of the molecule is CC[C@@H](C)Nc1nc(NCc2ccccc2Br)cc(-c2cccnc2)n1. The van der Waals surface area contributed by atoms with Gasteiger partial charge in [0, 0.05) is 41.1 Å². The zero-order valence-electron chi connectivity index (χ0n) is 14.9. The maximum atomic E-state index is 4.65. The Balaban J connectivity index is 1.88. The van der Waals surface area contributed by atoms with E-state index >= 15 is 0 Å². The molecule has 0 unspecified atom stereocenters. The van der Waals surface area contributed by atoms with E-state index in [-0.39, 0.29) is 0 Å². The van der Waals surface area contributed by atoms with Crippen molar-refractivity contribution >= 4 is 27.7 Å². The average Bonchev–Trinajstić information content (AvgIpc) is 2.68.